The number of halogens is 1. The van der Waals surface area contributed by atoms with E-state index in [0.717, 1.165) is 50.8 Å². The van der Waals surface area contributed by atoms with Crippen LogP contribution in [0.1, 0.15) is 43.7 Å². The highest BCUT2D eigenvalue weighted by atomic mass is 19.1. The van der Waals surface area contributed by atoms with Crippen molar-refractivity contribution in [3.8, 4) is 0 Å². The van der Waals surface area contributed by atoms with Crippen LogP contribution in [0.4, 0.5) is 4.39 Å². The van der Waals surface area contributed by atoms with Gasteiger partial charge in [0.1, 0.15) is 5.82 Å². The van der Waals surface area contributed by atoms with Gasteiger partial charge in [-0.05, 0) is 43.7 Å². The maximum Gasteiger partial charge on any atom is 0.243 e. The molecule has 3 fully saturated rings. The molecule has 4 rings (SSSR count). The number of hydrogen-bond donors (Lipinski definition) is 0. The van der Waals surface area contributed by atoms with E-state index in [0.29, 0.717) is 0 Å². The van der Waals surface area contributed by atoms with Gasteiger partial charge in [0.05, 0.1) is 17.7 Å². The average molecular weight is 275 g/mol. The van der Waals surface area contributed by atoms with Gasteiger partial charge in [-0.3, -0.25) is 14.8 Å². The number of hydrogen-bond acceptors (Lipinski definition) is 3. The van der Waals surface area contributed by atoms with E-state index in [1.807, 2.05) is 5.01 Å². The molecule has 0 radical (unpaired) electrons. The van der Waals surface area contributed by atoms with E-state index in [-0.39, 0.29) is 23.2 Å². The molecule has 2 saturated heterocycles. The highest BCUT2D eigenvalue weighted by molar-refractivity contribution is 5.85. The predicted octanol–water partition coefficient (Wildman–Crippen LogP) is 2.29. The van der Waals surface area contributed by atoms with Crippen molar-refractivity contribution in [1.29, 1.82) is 0 Å². The number of aromatic nitrogens is 1. The highest BCUT2D eigenvalue weighted by Crippen LogP contribution is 2.54. The van der Waals surface area contributed by atoms with Crippen LogP contribution in [0, 0.1) is 11.2 Å². The summed E-state index contributed by atoms with van der Waals surface area (Å²) in [4.78, 5) is 16.8. The molecule has 0 bridgehead atoms. The van der Waals surface area contributed by atoms with Crippen LogP contribution in [0.15, 0.2) is 18.5 Å². The zero-order valence-corrected chi connectivity index (χ0v) is 11.4. The van der Waals surface area contributed by atoms with Crippen LogP contribution >= 0.6 is 0 Å². The van der Waals surface area contributed by atoms with Crippen LogP contribution < -0.4 is 0 Å². The van der Waals surface area contributed by atoms with Crippen molar-refractivity contribution in [2.24, 2.45) is 5.41 Å². The standard InChI is InChI=1S/C15H18FN3O/c16-12-8-11(9-17-10-12)13-2-7-18-6-1-3-15(4-5-15)14(20)19(13)18/h8-10,13H,1-7H2/t13-/m1/s1. The number of pyridine rings is 1. The summed E-state index contributed by atoms with van der Waals surface area (Å²) in [5, 5.41) is 4.07. The summed E-state index contributed by atoms with van der Waals surface area (Å²) in [7, 11) is 0. The lowest BCUT2D eigenvalue weighted by Gasteiger charge is -2.32. The Morgan fingerprint density at radius 2 is 2.10 bits per heavy atom. The summed E-state index contributed by atoms with van der Waals surface area (Å²) >= 11 is 0. The van der Waals surface area contributed by atoms with E-state index >= 15 is 0 Å². The number of rotatable bonds is 1. The van der Waals surface area contributed by atoms with Gasteiger partial charge in [-0.2, -0.15) is 0 Å². The number of carbonyl (C=O) groups is 1. The molecule has 5 heteroatoms. The molecule has 0 aromatic carbocycles. The van der Waals surface area contributed by atoms with Crippen molar-refractivity contribution in [2.45, 2.75) is 38.1 Å². The fourth-order valence-corrected chi connectivity index (χ4v) is 3.67. The topological polar surface area (TPSA) is 36.4 Å². The van der Waals surface area contributed by atoms with Crippen LogP contribution in [0.5, 0.6) is 0 Å². The Hall–Kier alpha value is -1.49. The molecule has 0 N–H and O–H groups in total. The number of carbonyl (C=O) groups excluding carboxylic acids is 1. The number of amides is 1. The third-order valence-electron chi connectivity index (χ3n) is 4.96. The molecule has 0 unspecified atom stereocenters. The molecule has 3 aliphatic rings. The third-order valence-corrected chi connectivity index (χ3v) is 4.96. The number of nitrogens with zero attached hydrogens (tertiary/aromatic N) is 3. The minimum Gasteiger partial charge on any atom is -0.273 e. The quantitative estimate of drug-likeness (QED) is 0.789. The molecule has 1 atom stereocenters. The largest absolute Gasteiger partial charge is 0.273 e. The summed E-state index contributed by atoms with van der Waals surface area (Å²) in [5.74, 6) is -0.0777. The summed E-state index contributed by atoms with van der Waals surface area (Å²) in [6.45, 7) is 1.82. The van der Waals surface area contributed by atoms with E-state index < -0.39 is 0 Å². The Morgan fingerprint density at radius 1 is 1.25 bits per heavy atom. The normalized spacial score (nSPS) is 28.6. The fourth-order valence-electron chi connectivity index (χ4n) is 3.67. The van der Waals surface area contributed by atoms with Gasteiger partial charge < -0.3 is 0 Å². The first-order valence-electron chi connectivity index (χ1n) is 7.39. The smallest absolute Gasteiger partial charge is 0.243 e. The zero-order valence-electron chi connectivity index (χ0n) is 11.4. The Morgan fingerprint density at radius 3 is 2.85 bits per heavy atom. The average Bonchev–Trinajstić information content (AvgIpc) is 3.13. The first-order valence-corrected chi connectivity index (χ1v) is 7.39. The van der Waals surface area contributed by atoms with Crippen molar-refractivity contribution in [3.05, 3.63) is 29.8 Å². The Balaban J connectivity index is 1.69. The molecule has 1 saturated carbocycles. The maximum absolute atomic E-state index is 13.4. The lowest BCUT2D eigenvalue weighted by molar-refractivity contribution is -0.151. The number of fused-ring (bicyclic) bond motifs is 1. The van der Waals surface area contributed by atoms with Crippen molar-refractivity contribution < 1.29 is 9.18 Å². The Kier molecular flexibility index (Phi) is 2.61. The van der Waals surface area contributed by atoms with Gasteiger partial charge in [0.15, 0.2) is 0 Å². The van der Waals surface area contributed by atoms with Crippen molar-refractivity contribution in [1.82, 2.24) is 15.0 Å². The van der Waals surface area contributed by atoms with Crippen molar-refractivity contribution in [2.75, 3.05) is 13.1 Å². The maximum atomic E-state index is 13.4. The Bertz CT molecular complexity index is 558. The SMILES string of the molecule is O=C1N2[C@@H](c3cncc(F)c3)CCN2CCCC12CC2. The first kappa shape index (κ1) is 12.3. The molecular weight excluding hydrogens is 257 g/mol. The fraction of sp³-hybridized carbons (Fsp3) is 0.600. The second-order valence-electron chi connectivity index (χ2n) is 6.23. The van der Waals surface area contributed by atoms with Gasteiger partial charge in [-0.15, -0.1) is 0 Å². The number of hydrazine groups is 1. The minimum absolute atomic E-state index is 0.0405. The highest BCUT2D eigenvalue weighted by Gasteiger charge is 2.55. The summed E-state index contributed by atoms with van der Waals surface area (Å²) in [5.41, 5.74) is 0.719. The lowest BCUT2D eigenvalue weighted by Crippen LogP contribution is -2.44. The summed E-state index contributed by atoms with van der Waals surface area (Å²) in [6, 6.07) is 1.47. The molecule has 1 aliphatic carbocycles. The molecule has 4 nitrogen and oxygen atoms in total. The van der Waals surface area contributed by atoms with E-state index in [1.54, 1.807) is 6.20 Å². The summed E-state index contributed by atoms with van der Waals surface area (Å²) in [6.07, 6.45) is 7.89. The monoisotopic (exact) mass is 275 g/mol. The zero-order chi connectivity index (χ0) is 13.7. The van der Waals surface area contributed by atoms with Crippen LogP contribution in [0.3, 0.4) is 0 Å². The van der Waals surface area contributed by atoms with E-state index in [2.05, 4.69) is 9.99 Å². The van der Waals surface area contributed by atoms with Gasteiger partial charge in [0.2, 0.25) is 5.91 Å². The minimum atomic E-state index is -0.329. The van der Waals surface area contributed by atoms with Crippen molar-refractivity contribution >= 4 is 5.91 Å². The van der Waals surface area contributed by atoms with Crippen LogP contribution in [0.25, 0.3) is 0 Å². The van der Waals surface area contributed by atoms with Gasteiger partial charge in [0, 0.05) is 19.3 Å². The molecule has 1 amide bonds. The second kappa shape index (κ2) is 4.25. The van der Waals surface area contributed by atoms with Crippen molar-refractivity contribution in [3.63, 3.8) is 0 Å². The Labute approximate surface area is 117 Å². The molecule has 1 aromatic rings. The van der Waals surface area contributed by atoms with Gasteiger partial charge in [-0.1, -0.05) is 0 Å². The van der Waals surface area contributed by atoms with Gasteiger partial charge in [-0.25, -0.2) is 9.40 Å². The first-order chi connectivity index (χ1) is 9.70. The molecule has 1 aromatic heterocycles. The molecular formula is C15H18FN3O. The molecule has 3 heterocycles. The van der Waals surface area contributed by atoms with E-state index in [9.17, 15) is 9.18 Å². The molecule has 106 valence electrons. The lowest BCUT2D eigenvalue weighted by atomic mass is 9.98. The molecule has 20 heavy (non-hydrogen) atoms. The van der Waals surface area contributed by atoms with Gasteiger partial charge >= 0.3 is 0 Å². The molecule has 1 spiro atoms. The predicted molar refractivity (Wildman–Crippen MR) is 70.9 cm³/mol. The van der Waals surface area contributed by atoms with Crippen LogP contribution in [-0.2, 0) is 4.79 Å². The third kappa shape index (κ3) is 1.76. The van der Waals surface area contributed by atoms with Crippen LogP contribution in [-0.4, -0.2) is 34.0 Å². The van der Waals surface area contributed by atoms with E-state index in [4.69, 9.17) is 0 Å². The van der Waals surface area contributed by atoms with Gasteiger partial charge in [0.25, 0.3) is 0 Å². The second-order valence-corrected chi connectivity index (χ2v) is 6.23. The molecule has 2 aliphatic heterocycles. The summed E-state index contributed by atoms with van der Waals surface area (Å²) < 4.78 is 13.4. The van der Waals surface area contributed by atoms with E-state index in [1.165, 1.54) is 12.3 Å². The van der Waals surface area contributed by atoms with Crippen LogP contribution in [0.2, 0.25) is 0 Å².